The number of methoxy groups -OCH3 is 1. The molecule has 0 aliphatic carbocycles. The summed E-state index contributed by atoms with van der Waals surface area (Å²) in [6, 6.07) is 0. The lowest BCUT2D eigenvalue weighted by atomic mass is 10.1. The Hall–Kier alpha value is -2.22. The van der Waals surface area contributed by atoms with E-state index in [1.807, 2.05) is 27.8 Å². The molecule has 0 aliphatic heterocycles. The van der Waals surface area contributed by atoms with Crippen molar-refractivity contribution in [2.24, 2.45) is 7.05 Å². The van der Waals surface area contributed by atoms with Crippen LogP contribution >= 0.6 is 0 Å². The first-order valence-corrected chi connectivity index (χ1v) is 6.57. The molecule has 0 spiro atoms. The quantitative estimate of drug-likeness (QED) is 0.884. The van der Waals surface area contributed by atoms with Crippen LogP contribution in [0.25, 0.3) is 11.3 Å². The van der Waals surface area contributed by atoms with Gasteiger partial charge in [0.2, 0.25) is 0 Å². The number of hydrogen-bond acceptors (Lipinski definition) is 5. The van der Waals surface area contributed by atoms with Crippen molar-refractivity contribution in [3.8, 4) is 11.3 Å². The predicted molar refractivity (Wildman–Crippen MR) is 75.1 cm³/mol. The molecule has 1 N–H and O–H groups in total. The number of hydrogen-bond donors (Lipinski definition) is 1. The Balaban J connectivity index is 2.64. The molecule has 0 amide bonds. The smallest absolute Gasteiger partial charge is 0.358 e. The van der Waals surface area contributed by atoms with Crippen LogP contribution in [-0.4, -0.2) is 49.1 Å². The van der Waals surface area contributed by atoms with Gasteiger partial charge in [0.15, 0.2) is 5.69 Å². The Kier molecular flexibility index (Phi) is 4.08. The van der Waals surface area contributed by atoms with Gasteiger partial charge in [0.25, 0.3) is 0 Å². The fourth-order valence-corrected chi connectivity index (χ4v) is 2.27. The maximum absolute atomic E-state index is 11.4. The van der Waals surface area contributed by atoms with Crippen molar-refractivity contribution in [3.63, 3.8) is 0 Å². The fourth-order valence-electron chi connectivity index (χ4n) is 2.27. The molecule has 0 saturated carbocycles. The Morgan fingerprint density at radius 2 is 2.10 bits per heavy atom. The largest absolute Gasteiger partial charge is 0.476 e. The van der Waals surface area contributed by atoms with Crippen LogP contribution < -0.4 is 0 Å². The number of aromatic carboxylic acids is 1. The number of aromatic nitrogens is 5. The van der Waals surface area contributed by atoms with Crippen molar-refractivity contribution < 1.29 is 14.6 Å². The number of aryl methyl sites for hydroxylation is 2. The summed E-state index contributed by atoms with van der Waals surface area (Å²) >= 11 is 0. The van der Waals surface area contributed by atoms with Crippen molar-refractivity contribution in [3.05, 3.63) is 17.1 Å². The summed E-state index contributed by atoms with van der Waals surface area (Å²) in [5, 5.41) is 21.4. The zero-order valence-corrected chi connectivity index (χ0v) is 12.8. The zero-order chi connectivity index (χ0) is 15.7. The van der Waals surface area contributed by atoms with Gasteiger partial charge in [0, 0.05) is 25.4 Å². The summed E-state index contributed by atoms with van der Waals surface area (Å²) in [5.74, 6) is -1.11. The van der Waals surface area contributed by atoms with E-state index in [2.05, 4.69) is 15.4 Å². The van der Waals surface area contributed by atoms with E-state index >= 15 is 0 Å². The minimum absolute atomic E-state index is 0.0718. The van der Waals surface area contributed by atoms with Gasteiger partial charge in [-0.1, -0.05) is 5.21 Å². The van der Waals surface area contributed by atoms with Crippen LogP contribution in [0.5, 0.6) is 0 Å². The highest BCUT2D eigenvalue weighted by Gasteiger charge is 2.26. The second kappa shape index (κ2) is 5.65. The molecule has 8 heteroatoms. The highest BCUT2D eigenvalue weighted by atomic mass is 16.5. The average Bonchev–Trinajstić information content (AvgIpc) is 2.92. The van der Waals surface area contributed by atoms with E-state index in [0.29, 0.717) is 12.2 Å². The van der Waals surface area contributed by atoms with Crippen LogP contribution in [0.1, 0.15) is 28.8 Å². The molecule has 0 saturated heterocycles. The number of carboxylic acids is 1. The standard InChI is InChI=1S/C13H19N5O3/c1-7(21-5)6-18-12(11(13(19)20)14-16-18)10-8(2)15-17(4)9(10)3/h7H,6H2,1-5H3,(H,19,20). The Morgan fingerprint density at radius 1 is 1.43 bits per heavy atom. The van der Waals surface area contributed by atoms with Gasteiger partial charge in [0.1, 0.15) is 5.69 Å². The number of ether oxygens (including phenoxy) is 1. The molecule has 2 rings (SSSR count). The highest BCUT2D eigenvalue weighted by molar-refractivity contribution is 5.93. The highest BCUT2D eigenvalue weighted by Crippen LogP contribution is 2.29. The molecule has 1 unspecified atom stereocenters. The van der Waals surface area contributed by atoms with E-state index in [1.54, 1.807) is 16.5 Å². The molecule has 0 bridgehead atoms. The van der Waals surface area contributed by atoms with Gasteiger partial charge in [-0.2, -0.15) is 5.10 Å². The van der Waals surface area contributed by atoms with Gasteiger partial charge in [-0.05, 0) is 20.8 Å². The van der Waals surface area contributed by atoms with Gasteiger partial charge in [-0.15, -0.1) is 5.10 Å². The number of carbonyl (C=O) groups is 1. The summed E-state index contributed by atoms with van der Waals surface area (Å²) in [6.45, 7) is 6.03. The molecule has 0 fully saturated rings. The molecule has 8 nitrogen and oxygen atoms in total. The minimum Gasteiger partial charge on any atom is -0.476 e. The second-order valence-electron chi connectivity index (χ2n) is 4.99. The topological polar surface area (TPSA) is 95.1 Å². The van der Waals surface area contributed by atoms with Crippen molar-refractivity contribution in [2.45, 2.75) is 33.4 Å². The normalized spacial score (nSPS) is 12.6. The van der Waals surface area contributed by atoms with E-state index in [4.69, 9.17) is 4.74 Å². The van der Waals surface area contributed by atoms with Gasteiger partial charge >= 0.3 is 5.97 Å². The first-order valence-electron chi connectivity index (χ1n) is 6.57. The summed E-state index contributed by atoms with van der Waals surface area (Å²) in [7, 11) is 3.41. The summed E-state index contributed by atoms with van der Waals surface area (Å²) in [5.41, 5.74) is 2.75. The maximum atomic E-state index is 11.4. The second-order valence-corrected chi connectivity index (χ2v) is 4.99. The molecule has 0 aliphatic rings. The van der Waals surface area contributed by atoms with Crippen LogP contribution in [0.15, 0.2) is 0 Å². The third-order valence-electron chi connectivity index (χ3n) is 3.52. The molecular weight excluding hydrogens is 274 g/mol. The summed E-state index contributed by atoms with van der Waals surface area (Å²) in [6.07, 6.45) is -0.107. The van der Waals surface area contributed by atoms with E-state index < -0.39 is 5.97 Å². The van der Waals surface area contributed by atoms with Gasteiger partial charge in [-0.25, -0.2) is 9.48 Å². The van der Waals surface area contributed by atoms with E-state index in [1.165, 1.54) is 0 Å². The molecule has 2 aromatic heterocycles. The first-order chi connectivity index (χ1) is 9.86. The van der Waals surface area contributed by atoms with Crippen molar-refractivity contribution in [1.82, 2.24) is 24.8 Å². The SMILES string of the molecule is COC(C)Cn1nnc(C(=O)O)c1-c1c(C)nn(C)c1C. The lowest BCUT2D eigenvalue weighted by Crippen LogP contribution is -2.17. The van der Waals surface area contributed by atoms with Gasteiger partial charge < -0.3 is 9.84 Å². The molecule has 2 heterocycles. The Labute approximate surface area is 122 Å². The fraction of sp³-hybridized carbons (Fsp3) is 0.538. The van der Waals surface area contributed by atoms with Gasteiger partial charge in [0.05, 0.1) is 18.3 Å². The van der Waals surface area contributed by atoms with E-state index in [9.17, 15) is 9.90 Å². The zero-order valence-electron chi connectivity index (χ0n) is 12.8. The van der Waals surface area contributed by atoms with Crippen LogP contribution in [0.3, 0.4) is 0 Å². The number of carboxylic acid groups (broad SMARTS) is 1. The average molecular weight is 293 g/mol. The monoisotopic (exact) mass is 293 g/mol. The lowest BCUT2D eigenvalue weighted by Gasteiger charge is -2.12. The van der Waals surface area contributed by atoms with Crippen molar-refractivity contribution in [2.75, 3.05) is 7.11 Å². The molecule has 1 atom stereocenters. The molecular formula is C13H19N5O3. The van der Waals surface area contributed by atoms with Crippen molar-refractivity contribution in [1.29, 1.82) is 0 Å². The van der Waals surface area contributed by atoms with Crippen LogP contribution in [0.2, 0.25) is 0 Å². The molecule has 0 radical (unpaired) electrons. The lowest BCUT2D eigenvalue weighted by molar-refractivity contribution is 0.0691. The van der Waals surface area contributed by atoms with Crippen LogP contribution in [0, 0.1) is 13.8 Å². The Bertz CT molecular complexity index is 674. The maximum Gasteiger partial charge on any atom is 0.358 e. The van der Waals surface area contributed by atoms with Crippen LogP contribution in [0.4, 0.5) is 0 Å². The summed E-state index contributed by atoms with van der Waals surface area (Å²) in [4.78, 5) is 11.4. The van der Waals surface area contributed by atoms with Gasteiger partial charge in [-0.3, -0.25) is 4.68 Å². The summed E-state index contributed by atoms with van der Waals surface area (Å²) < 4.78 is 8.50. The molecule has 21 heavy (non-hydrogen) atoms. The minimum atomic E-state index is -1.11. The van der Waals surface area contributed by atoms with Crippen LogP contribution in [-0.2, 0) is 18.3 Å². The third kappa shape index (κ3) is 2.66. The Morgan fingerprint density at radius 3 is 2.57 bits per heavy atom. The number of rotatable bonds is 5. The van der Waals surface area contributed by atoms with Crippen molar-refractivity contribution >= 4 is 5.97 Å². The third-order valence-corrected chi connectivity index (χ3v) is 3.52. The van der Waals surface area contributed by atoms with E-state index in [0.717, 1.165) is 17.0 Å². The molecule has 2 aromatic rings. The van der Waals surface area contributed by atoms with E-state index in [-0.39, 0.29) is 11.8 Å². The molecule has 0 aromatic carbocycles. The first kappa shape index (κ1) is 15.2. The molecule has 114 valence electrons. The predicted octanol–water partition coefficient (Wildman–Crippen LogP) is 1.03. The number of nitrogens with zero attached hydrogens (tertiary/aromatic N) is 5.